The third-order valence-electron chi connectivity index (χ3n) is 5.88. The molecule has 3 aromatic carbocycles. The van der Waals surface area contributed by atoms with Gasteiger partial charge in [-0.25, -0.2) is 9.78 Å². The van der Waals surface area contributed by atoms with Gasteiger partial charge in [-0.1, -0.05) is 18.2 Å². The number of esters is 1. The van der Waals surface area contributed by atoms with Crippen molar-refractivity contribution in [2.24, 2.45) is 5.10 Å². The van der Waals surface area contributed by atoms with Crippen LogP contribution in [0.2, 0.25) is 0 Å². The van der Waals surface area contributed by atoms with Gasteiger partial charge in [0.15, 0.2) is 23.9 Å². The molecule has 0 aliphatic heterocycles. The van der Waals surface area contributed by atoms with Gasteiger partial charge in [-0.2, -0.15) is 9.78 Å². The molecule has 5 rings (SSSR count). The Bertz CT molecular complexity index is 1750. The van der Waals surface area contributed by atoms with E-state index < -0.39 is 5.97 Å². The second kappa shape index (κ2) is 11.1. The van der Waals surface area contributed by atoms with E-state index in [9.17, 15) is 9.59 Å². The van der Waals surface area contributed by atoms with Gasteiger partial charge in [-0.05, 0) is 61.0 Å². The molecule has 2 heterocycles. The van der Waals surface area contributed by atoms with Crippen LogP contribution in [0.1, 0.15) is 12.5 Å². The normalized spacial score (nSPS) is 11.3. The molecule has 0 saturated heterocycles. The number of furan rings is 1. The van der Waals surface area contributed by atoms with Gasteiger partial charge >= 0.3 is 5.97 Å². The number of benzene rings is 3. The molecule has 198 valence electrons. The van der Waals surface area contributed by atoms with Crippen molar-refractivity contribution in [1.29, 1.82) is 0 Å². The standard InChI is InChI=1S/C29H25N3O7/c1-4-37-25-14-18(12-13-24(25)38-17-27(33)36-3)16-30-32-28(31-21-9-6-5-8-19(21)29(32)34)26-15-20-22(35-2)10-7-11-23(20)39-26/h5-16H,4,17H2,1-3H3. The fraction of sp³-hybridized carbons (Fsp3) is 0.172. The average molecular weight is 528 g/mol. The van der Waals surface area contributed by atoms with E-state index in [1.165, 1.54) is 18.0 Å². The highest BCUT2D eigenvalue weighted by Crippen LogP contribution is 2.33. The molecule has 0 aliphatic rings. The number of fused-ring (bicyclic) bond motifs is 2. The Morgan fingerprint density at radius 3 is 2.62 bits per heavy atom. The quantitative estimate of drug-likeness (QED) is 0.201. The fourth-order valence-electron chi connectivity index (χ4n) is 4.03. The van der Waals surface area contributed by atoms with E-state index in [0.717, 1.165) is 5.39 Å². The first-order valence-corrected chi connectivity index (χ1v) is 12.1. The predicted molar refractivity (Wildman–Crippen MR) is 146 cm³/mol. The molecule has 0 unspecified atom stereocenters. The zero-order valence-corrected chi connectivity index (χ0v) is 21.5. The van der Waals surface area contributed by atoms with Crippen molar-refractivity contribution in [3.8, 4) is 28.8 Å². The van der Waals surface area contributed by atoms with E-state index in [4.69, 9.17) is 23.6 Å². The third-order valence-corrected chi connectivity index (χ3v) is 5.88. The summed E-state index contributed by atoms with van der Waals surface area (Å²) < 4.78 is 28.6. The van der Waals surface area contributed by atoms with Crippen molar-refractivity contribution < 1.29 is 28.2 Å². The lowest BCUT2D eigenvalue weighted by Crippen LogP contribution is -2.20. The average Bonchev–Trinajstić information content (AvgIpc) is 3.40. The van der Waals surface area contributed by atoms with E-state index in [0.29, 0.717) is 51.7 Å². The Morgan fingerprint density at radius 2 is 1.82 bits per heavy atom. The van der Waals surface area contributed by atoms with E-state index in [2.05, 4.69) is 9.84 Å². The summed E-state index contributed by atoms with van der Waals surface area (Å²) in [5.74, 6) is 1.51. The molecular formula is C29H25N3O7. The molecule has 5 aromatic rings. The van der Waals surface area contributed by atoms with Gasteiger partial charge in [0.25, 0.3) is 5.56 Å². The fourth-order valence-corrected chi connectivity index (χ4v) is 4.03. The van der Waals surface area contributed by atoms with Gasteiger partial charge in [0, 0.05) is 0 Å². The van der Waals surface area contributed by atoms with Gasteiger partial charge in [-0.15, -0.1) is 0 Å². The van der Waals surface area contributed by atoms with Crippen molar-refractivity contribution in [3.63, 3.8) is 0 Å². The summed E-state index contributed by atoms with van der Waals surface area (Å²) in [4.78, 5) is 29.7. The van der Waals surface area contributed by atoms with Crippen molar-refractivity contribution in [2.75, 3.05) is 27.4 Å². The second-order valence-electron chi connectivity index (χ2n) is 8.30. The molecule has 2 aromatic heterocycles. The molecule has 0 N–H and O–H groups in total. The van der Waals surface area contributed by atoms with Gasteiger partial charge < -0.3 is 23.4 Å². The lowest BCUT2D eigenvalue weighted by molar-refractivity contribution is -0.142. The second-order valence-corrected chi connectivity index (χ2v) is 8.30. The number of nitrogens with zero attached hydrogens (tertiary/aromatic N) is 3. The highest BCUT2D eigenvalue weighted by atomic mass is 16.6. The van der Waals surface area contributed by atoms with Crippen LogP contribution in [0.4, 0.5) is 0 Å². The van der Waals surface area contributed by atoms with Gasteiger partial charge in [0.05, 0.1) is 43.3 Å². The van der Waals surface area contributed by atoms with E-state index in [1.54, 1.807) is 49.6 Å². The molecule has 0 aliphatic carbocycles. The molecule has 0 fully saturated rings. The number of aromatic nitrogens is 2. The van der Waals surface area contributed by atoms with Crippen LogP contribution in [0, 0.1) is 0 Å². The Hall–Kier alpha value is -5.12. The summed E-state index contributed by atoms with van der Waals surface area (Å²) in [6, 6.07) is 19.4. The van der Waals surface area contributed by atoms with Crippen molar-refractivity contribution in [2.45, 2.75) is 6.92 Å². The SMILES string of the molecule is CCOc1cc(C=Nn2c(-c3cc4c(OC)cccc4o3)nc3ccccc3c2=O)ccc1OCC(=O)OC. The minimum Gasteiger partial charge on any atom is -0.496 e. The zero-order chi connectivity index (χ0) is 27.4. The maximum absolute atomic E-state index is 13.5. The number of hydrogen-bond acceptors (Lipinski definition) is 9. The van der Waals surface area contributed by atoms with E-state index in [-0.39, 0.29) is 18.0 Å². The number of carbonyl (C=O) groups excluding carboxylic acids is 1. The smallest absolute Gasteiger partial charge is 0.343 e. The number of para-hydroxylation sites is 1. The Morgan fingerprint density at radius 1 is 0.974 bits per heavy atom. The van der Waals surface area contributed by atoms with Crippen LogP contribution in [0.25, 0.3) is 33.5 Å². The summed E-state index contributed by atoms with van der Waals surface area (Å²) in [6.07, 6.45) is 1.51. The largest absolute Gasteiger partial charge is 0.496 e. The Balaban J connectivity index is 1.59. The molecule has 0 bridgehead atoms. The van der Waals surface area contributed by atoms with Gasteiger partial charge in [-0.3, -0.25) is 4.79 Å². The van der Waals surface area contributed by atoms with Crippen molar-refractivity contribution >= 4 is 34.1 Å². The molecule has 0 radical (unpaired) electrons. The number of carbonyl (C=O) groups is 1. The first-order chi connectivity index (χ1) is 19.0. The van der Waals surface area contributed by atoms with E-state index in [1.807, 2.05) is 31.2 Å². The minimum atomic E-state index is -0.512. The summed E-state index contributed by atoms with van der Waals surface area (Å²) in [6.45, 7) is 1.95. The third kappa shape index (κ3) is 5.17. The van der Waals surface area contributed by atoms with Crippen LogP contribution in [0.15, 0.2) is 81.0 Å². The lowest BCUT2D eigenvalue weighted by Gasteiger charge is -2.12. The van der Waals surface area contributed by atoms with Crippen LogP contribution in [-0.2, 0) is 9.53 Å². The summed E-state index contributed by atoms with van der Waals surface area (Å²) in [5, 5.41) is 5.65. The predicted octanol–water partition coefficient (Wildman–Crippen LogP) is 4.65. The topological polar surface area (TPSA) is 114 Å². The Labute approximate surface area is 223 Å². The van der Waals surface area contributed by atoms with E-state index >= 15 is 0 Å². The minimum absolute atomic E-state index is 0.233. The van der Waals surface area contributed by atoms with Crippen LogP contribution >= 0.6 is 0 Å². The van der Waals surface area contributed by atoms with Crippen molar-refractivity contribution in [1.82, 2.24) is 9.66 Å². The molecule has 10 heteroatoms. The lowest BCUT2D eigenvalue weighted by atomic mass is 10.2. The van der Waals surface area contributed by atoms with Gasteiger partial charge in [0.1, 0.15) is 11.3 Å². The first kappa shape index (κ1) is 25.5. The molecule has 0 atom stereocenters. The van der Waals surface area contributed by atoms with Crippen LogP contribution in [0.5, 0.6) is 17.2 Å². The van der Waals surface area contributed by atoms with Gasteiger partial charge in [0.2, 0.25) is 5.82 Å². The maximum atomic E-state index is 13.5. The summed E-state index contributed by atoms with van der Waals surface area (Å²) in [5.41, 5.74) is 1.37. The molecule has 10 nitrogen and oxygen atoms in total. The highest BCUT2D eigenvalue weighted by Gasteiger charge is 2.18. The summed E-state index contributed by atoms with van der Waals surface area (Å²) >= 11 is 0. The van der Waals surface area contributed by atoms with Crippen LogP contribution in [0.3, 0.4) is 0 Å². The molecule has 0 saturated carbocycles. The van der Waals surface area contributed by atoms with Crippen LogP contribution < -0.4 is 19.8 Å². The number of ether oxygens (including phenoxy) is 4. The number of rotatable bonds is 9. The summed E-state index contributed by atoms with van der Waals surface area (Å²) in [7, 11) is 2.87. The number of methoxy groups -OCH3 is 2. The first-order valence-electron chi connectivity index (χ1n) is 12.1. The molecule has 0 amide bonds. The maximum Gasteiger partial charge on any atom is 0.343 e. The zero-order valence-electron chi connectivity index (χ0n) is 21.5. The molecular weight excluding hydrogens is 502 g/mol. The Kier molecular flexibility index (Phi) is 7.26. The van der Waals surface area contributed by atoms with Crippen LogP contribution in [-0.4, -0.2) is 49.3 Å². The number of hydrogen-bond donors (Lipinski definition) is 0. The molecule has 39 heavy (non-hydrogen) atoms. The molecule has 0 spiro atoms. The highest BCUT2D eigenvalue weighted by molar-refractivity contribution is 5.88. The monoisotopic (exact) mass is 527 g/mol. The van der Waals surface area contributed by atoms with Crippen molar-refractivity contribution in [3.05, 3.63) is 82.6 Å².